The fourth-order valence-electron chi connectivity index (χ4n) is 0.523. The van der Waals surface area contributed by atoms with Gasteiger partial charge in [-0.05, 0) is 0 Å². The van der Waals surface area contributed by atoms with E-state index in [1.54, 1.807) is 0 Å². The Morgan fingerprint density at radius 1 is 2.18 bits per heavy atom. The number of hydrogen-bond acceptors (Lipinski definition) is 3. The normalized spacial score (nSPS) is 21.0. The van der Waals surface area contributed by atoms with Crippen LogP contribution in [0.15, 0.2) is 12.5 Å². The van der Waals surface area contributed by atoms with Crippen molar-refractivity contribution < 1.29 is 14.0 Å². The summed E-state index contributed by atoms with van der Waals surface area (Å²) in [5.41, 5.74) is 4.93. The van der Waals surface area contributed by atoms with Gasteiger partial charge in [0.2, 0.25) is 0 Å². The van der Waals surface area contributed by atoms with Crippen molar-refractivity contribution in [2.24, 2.45) is 5.73 Å². The van der Waals surface area contributed by atoms with E-state index < -0.39 is 18.4 Å². The average Bonchev–Trinajstić information content (AvgIpc) is 2.55. The van der Waals surface area contributed by atoms with Crippen molar-refractivity contribution in [3.05, 3.63) is 18.2 Å². The maximum absolute atomic E-state index is 10.6. The fraction of sp³-hybridized carbons (Fsp3) is 0.333. The molecule has 0 aliphatic carbocycles. The first-order valence-electron chi connectivity index (χ1n) is 4.31. The van der Waals surface area contributed by atoms with Crippen LogP contribution in [0.4, 0.5) is 0 Å². The Morgan fingerprint density at radius 2 is 2.91 bits per heavy atom. The molecule has 0 amide bonds. The molecule has 1 atom stereocenters. The summed E-state index contributed by atoms with van der Waals surface area (Å²) in [5, 5.41) is 8.59. The monoisotopic (exact) mass is 158 g/mol. The lowest BCUT2D eigenvalue weighted by atomic mass is 10.2. The van der Waals surface area contributed by atoms with Gasteiger partial charge in [0.25, 0.3) is 0 Å². The molecule has 1 rings (SSSR count). The number of carbonyl (C=O) groups is 1. The maximum atomic E-state index is 10.6. The fourth-order valence-corrected chi connectivity index (χ4v) is 0.523. The van der Waals surface area contributed by atoms with Crippen LogP contribution < -0.4 is 5.73 Å². The van der Waals surface area contributed by atoms with E-state index in [1.165, 1.54) is 6.33 Å². The van der Waals surface area contributed by atoms with E-state index in [1.807, 2.05) is 0 Å². The van der Waals surface area contributed by atoms with Crippen LogP contribution in [0.5, 0.6) is 0 Å². The summed E-state index contributed by atoms with van der Waals surface area (Å²) < 4.78 is 22.1. The smallest absolute Gasteiger partial charge is 0.320 e. The van der Waals surface area contributed by atoms with Gasteiger partial charge in [0.05, 0.1) is 7.70 Å². The molecule has 0 spiro atoms. The number of carboxylic acid groups (broad SMARTS) is 1. The van der Waals surface area contributed by atoms with Crippen LogP contribution in [0.2, 0.25) is 0 Å². The largest absolute Gasteiger partial charge is 0.480 e. The number of H-pyrrole nitrogens is 1. The lowest BCUT2D eigenvalue weighted by Crippen LogP contribution is -2.32. The predicted molar refractivity (Wildman–Crippen MR) is 37.9 cm³/mol. The maximum Gasteiger partial charge on any atom is 0.320 e. The van der Waals surface area contributed by atoms with Crippen molar-refractivity contribution >= 4 is 5.97 Å². The number of nitrogens with two attached hydrogens (primary N) is 1. The molecule has 11 heavy (non-hydrogen) atoms. The zero-order valence-electron chi connectivity index (χ0n) is 8.53. The molecular weight excluding hydrogens is 146 g/mol. The van der Waals surface area contributed by atoms with Gasteiger partial charge in [-0.1, -0.05) is 0 Å². The van der Waals surface area contributed by atoms with Crippen LogP contribution in [-0.2, 0) is 11.2 Å². The van der Waals surface area contributed by atoms with Crippen LogP contribution in [-0.4, -0.2) is 27.1 Å². The molecule has 0 saturated heterocycles. The third-order valence-corrected chi connectivity index (χ3v) is 0.998. The van der Waals surface area contributed by atoms with Crippen molar-refractivity contribution in [2.45, 2.75) is 12.4 Å². The molecule has 0 aliphatic heterocycles. The lowest BCUT2D eigenvalue weighted by Gasteiger charge is -2.02. The van der Waals surface area contributed by atoms with Crippen LogP contribution in [0.1, 0.15) is 9.81 Å². The van der Waals surface area contributed by atoms with Crippen LogP contribution in [0.25, 0.3) is 0 Å². The van der Waals surface area contributed by atoms with E-state index in [0.717, 1.165) is 6.20 Å². The molecular formula is C6H9N3O2. The topological polar surface area (TPSA) is 92.0 Å². The number of nitrogens with zero attached hydrogens (tertiary/aromatic N) is 1. The van der Waals surface area contributed by atoms with Crippen molar-refractivity contribution in [1.29, 1.82) is 0 Å². The molecule has 0 saturated carbocycles. The molecule has 0 radical (unpaired) electrons. The minimum absolute atomic E-state index is 0.141. The Morgan fingerprint density at radius 3 is 3.36 bits per heavy atom. The molecule has 4 N–H and O–H groups in total. The minimum Gasteiger partial charge on any atom is -0.480 e. The molecule has 5 nitrogen and oxygen atoms in total. The van der Waals surface area contributed by atoms with E-state index in [2.05, 4.69) is 9.97 Å². The highest BCUT2D eigenvalue weighted by Gasteiger charge is 2.11. The number of aromatic amines is 1. The first-order valence-corrected chi connectivity index (χ1v) is 2.81. The van der Waals surface area contributed by atoms with Crippen molar-refractivity contribution in [3.8, 4) is 0 Å². The Balaban J connectivity index is 3.13. The Hall–Kier alpha value is -1.36. The highest BCUT2D eigenvalue weighted by Crippen LogP contribution is 1.95. The molecule has 0 bridgehead atoms. The first kappa shape index (κ1) is 4.50. The molecule has 0 aromatic carbocycles. The number of nitrogens with one attached hydrogen (secondary N) is 1. The second-order valence-electron chi connectivity index (χ2n) is 1.81. The van der Waals surface area contributed by atoms with Crippen LogP contribution >= 0.6 is 0 Å². The van der Waals surface area contributed by atoms with E-state index >= 15 is 0 Å². The van der Waals surface area contributed by atoms with Gasteiger partial charge in [-0.15, -0.1) is 0 Å². The molecule has 0 aliphatic rings. The van der Waals surface area contributed by atoms with Crippen molar-refractivity contribution in [3.63, 3.8) is 0 Å². The molecule has 0 fully saturated rings. The van der Waals surface area contributed by atoms with E-state index in [0.29, 0.717) is 0 Å². The number of carboxylic acids is 1. The van der Waals surface area contributed by atoms with Gasteiger partial charge in [0, 0.05) is 21.0 Å². The van der Waals surface area contributed by atoms with Gasteiger partial charge in [0.15, 0.2) is 0 Å². The molecule has 5 heteroatoms. The summed E-state index contributed by atoms with van der Waals surface area (Å²) in [7, 11) is 0. The molecule has 60 valence electrons. The number of hydrogen-bond donors (Lipinski definition) is 3. The molecule has 0 unspecified atom stereocenters. The third-order valence-electron chi connectivity index (χ3n) is 0.998. The molecule has 1 heterocycles. The second kappa shape index (κ2) is 3.16. The summed E-state index contributed by atoms with van der Waals surface area (Å²) in [6.45, 7) is 0. The highest BCUT2D eigenvalue weighted by atomic mass is 16.4. The Kier molecular flexibility index (Phi) is 1.29. The first-order chi connectivity index (χ1) is 6.30. The molecule has 1 aromatic heterocycles. The summed E-state index contributed by atoms with van der Waals surface area (Å²) in [4.78, 5) is 16.5. The van der Waals surface area contributed by atoms with Gasteiger partial charge in [0.1, 0.15) is 6.02 Å². The van der Waals surface area contributed by atoms with Gasteiger partial charge >= 0.3 is 5.97 Å². The number of rotatable bonds is 3. The van der Waals surface area contributed by atoms with Gasteiger partial charge in [-0.25, -0.2) is 4.98 Å². The second-order valence-corrected chi connectivity index (χ2v) is 1.81. The highest BCUT2D eigenvalue weighted by molar-refractivity contribution is 5.73. The van der Waals surface area contributed by atoms with Gasteiger partial charge in [-0.2, -0.15) is 0 Å². The Bertz CT molecular complexity index is 336. The lowest BCUT2D eigenvalue weighted by molar-refractivity contribution is -0.138. The summed E-state index contributed by atoms with van der Waals surface area (Å²) >= 11 is 0. The third kappa shape index (κ3) is 2.05. The van der Waals surface area contributed by atoms with Crippen molar-refractivity contribution in [2.75, 3.05) is 0 Å². The standard InChI is InChI=1S/C6H9N3O2/c7-5(6(10)11)1-4-2-8-3-9-4/h2-3,5H,1,7H2,(H,8,9)(H,10,11)/t5-/m1/s1/i1D2,5D. The average molecular weight is 158 g/mol. The van der Waals surface area contributed by atoms with Crippen molar-refractivity contribution in [1.82, 2.24) is 9.97 Å². The SMILES string of the molecule is [2H]C([2H])(c1cnc[nH]1)[C@@]([2H])(N)C(=O)O. The summed E-state index contributed by atoms with van der Waals surface area (Å²) in [6, 6.07) is -2.75. The molecule has 1 aromatic rings. The van der Waals surface area contributed by atoms with E-state index in [-0.39, 0.29) is 5.69 Å². The Labute approximate surface area is 67.5 Å². The zero-order valence-corrected chi connectivity index (χ0v) is 5.53. The van der Waals surface area contributed by atoms with E-state index in [9.17, 15) is 4.79 Å². The quantitative estimate of drug-likeness (QED) is 0.545. The zero-order chi connectivity index (χ0) is 11.0. The minimum atomic E-state index is -2.75. The van der Waals surface area contributed by atoms with Gasteiger partial charge in [-0.3, -0.25) is 4.79 Å². The summed E-state index contributed by atoms with van der Waals surface area (Å²) in [6.07, 6.45) is -0.250. The summed E-state index contributed by atoms with van der Waals surface area (Å²) in [5.74, 6) is -1.74. The van der Waals surface area contributed by atoms with E-state index in [4.69, 9.17) is 15.0 Å². The number of aliphatic carboxylic acids is 1. The number of aromatic nitrogens is 2. The number of imidazole rings is 1. The van der Waals surface area contributed by atoms with Crippen LogP contribution in [0.3, 0.4) is 0 Å². The predicted octanol–water partition coefficient (Wildman–Crippen LogP) is -0.636. The van der Waals surface area contributed by atoms with Crippen LogP contribution in [0, 0.1) is 0 Å². The van der Waals surface area contributed by atoms with Gasteiger partial charge < -0.3 is 15.8 Å².